The van der Waals surface area contributed by atoms with Crippen LogP contribution < -0.4 is 17.0 Å². The zero-order valence-corrected chi connectivity index (χ0v) is 10.5. The van der Waals surface area contributed by atoms with Crippen molar-refractivity contribution in [1.82, 2.24) is 9.55 Å². The van der Waals surface area contributed by atoms with Crippen LogP contribution in [0.5, 0.6) is 0 Å². The van der Waals surface area contributed by atoms with Crippen molar-refractivity contribution in [3.05, 3.63) is 32.6 Å². The second-order valence-electron chi connectivity index (χ2n) is 4.47. The quantitative estimate of drug-likeness (QED) is 0.600. The van der Waals surface area contributed by atoms with Gasteiger partial charge in [-0.25, -0.2) is 4.79 Å². The summed E-state index contributed by atoms with van der Waals surface area (Å²) >= 11 is 0. The third-order valence-electron chi connectivity index (χ3n) is 3.11. The number of ether oxygens (including phenoxy) is 2. The third-order valence-corrected chi connectivity index (χ3v) is 3.11. The van der Waals surface area contributed by atoms with Crippen molar-refractivity contribution in [3.63, 3.8) is 0 Å². The number of aliphatic hydroxyl groups is 1. The topological polar surface area (TPSA) is 120 Å². The summed E-state index contributed by atoms with van der Waals surface area (Å²) in [5.41, 5.74) is 5.07. The van der Waals surface area contributed by atoms with Crippen LogP contribution >= 0.6 is 0 Å². The van der Waals surface area contributed by atoms with Crippen LogP contribution in [0.15, 0.2) is 15.8 Å². The molecule has 3 atom stereocenters. The van der Waals surface area contributed by atoms with Crippen LogP contribution in [0.2, 0.25) is 0 Å². The molecule has 0 aliphatic carbocycles. The molecule has 1 aliphatic rings. The summed E-state index contributed by atoms with van der Waals surface area (Å²) in [7, 11) is 1.46. The summed E-state index contributed by atoms with van der Waals surface area (Å²) in [5.74, 6) is 0. The first-order chi connectivity index (χ1) is 9.06. The average molecular weight is 271 g/mol. The van der Waals surface area contributed by atoms with Crippen molar-refractivity contribution in [2.24, 2.45) is 5.73 Å². The molecule has 1 saturated heterocycles. The molecule has 106 valence electrons. The summed E-state index contributed by atoms with van der Waals surface area (Å²) in [6.07, 6.45) is 0.701. The molecule has 19 heavy (non-hydrogen) atoms. The van der Waals surface area contributed by atoms with Gasteiger partial charge >= 0.3 is 5.69 Å². The fourth-order valence-electron chi connectivity index (χ4n) is 2.10. The predicted molar refractivity (Wildman–Crippen MR) is 65.6 cm³/mol. The molecule has 1 fully saturated rings. The molecule has 0 amide bonds. The molecule has 0 radical (unpaired) electrons. The summed E-state index contributed by atoms with van der Waals surface area (Å²) in [4.78, 5) is 25.5. The number of hydrogen-bond donors (Lipinski definition) is 3. The van der Waals surface area contributed by atoms with Crippen molar-refractivity contribution in [1.29, 1.82) is 0 Å². The third kappa shape index (κ3) is 2.76. The number of nitrogens with zero attached hydrogens (tertiary/aromatic N) is 1. The van der Waals surface area contributed by atoms with Gasteiger partial charge in [0, 0.05) is 25.8 Å². The number of aromatic amines is 1. The van der Waals surface area contributed by atoms with Gasteiger partial charge in [0.05, 0.1) is 24.9 Å². The Morgan fingerprint density at radius 3 is 2.95 bits per heavy atom. The molecule has 1 unspecified atom stereocenters. The van der Waals surface area contributed by atoms with Gasteiger partial charge in [-0.15, -0.1) is 0 Å². The Bertz CT molecular complexity index is 552. The van der Waals surface area contributed by atoms with Crippen molar-refractivity contribution >= 4 is 0 Å². The van der Waals surface area contributed by atoms with Gasteiger partial charge in [-0.2, -0.15) is 0 Å². The summed E-state index contributed by atoms with van der Waals surface area (Å²) in [6.45, 7) is -0.113. The van der Waals surface area contributed by atoms with Gasteiger partial charge in [0.15, 0.2) is 0 Å². The number of nitrogens with two attached hydrogens (primary N) is 1. The minimum Gasteiger partial charge on any atom is -0.394 e. The molecule has 4 N–H and O–H groups in total. The molecule has 2 heterocycles. The first kappa shape index (κ1) is 13.9. The van der Waals surface area contributed by atoms with E-state index in [9.17, 15) is 9.59 Å². The molecule has 0 aromatic carbocycles. The van der Waals surface area contributed by atoms with Crippen molar-refractivity contribution < 1.29 is 14.6 Å². The number of aromatic nitrogens is 2. The zero-order valence-electron chi connectivity index (χ0n) is 10.5. The maximum absolute atomic E-state index is 11.8. The van der Waals surface area contributed by atoms with Crippen molar-refractivity contribution in [2.45, 2.75) is 31.4 Å². The summed E-state index contributed by atoms with van der Waals surface area (Å²) in [5, 5.41) is 9.08. The van der Waals surface area contributed by atoms with Crippen LogP contribution in [0.1, 0.15) is 18.2 Å². The normalized spacial score (nSPS) is 26.8. The lowest BCUT2D eigenvalue weighted by molar-refractivity contribution is -0.0273. The largest absolute Gasteiger partial charge is 0.394 e. The molecular weight excluding hydrogens is 254 g/mol. The van der Waals surface area contributed by atoms with Crippen LogP contribution in [0.4, 0.5) is 0 Å². The van der Waals surface area contributed by atoms with Crippen LogP contribution in [-0.2, 0) is 16.1 Å². The highest BCUT2D eigenvalue weighted by atomic mass is 16.5. The summed E-state index contributed by atoms with van der Waals surface area (Å²) < 4.78 is 11.6. The highest BCUT2D eigenvalue weighted by Gasteiger charge is 2.33. The van der Waals surface area contributed by atoms with Gasteiger partial charge < -0.3 is 20.3 Å². The number of nitrogens with one attached hydrogen (secondary N) is 1. The highest BCUT2D eigenvalue weighted by molar-refractivity contribution is 5.04. The molecule has 1 aromatic heterocycles. The maximum Gasteiger partial charge on any atom is 0.330 e. The van der Waals surface area contributed by atoms with Gasteiger partial charge in [0.1, 0.15) is 6.23 Å². The second-order valence-corrected chi connectivity index (χ2v) is 4.47. The zero-order chi connectivity index (χ0) is 14.0. The lowest BCUT2D eigenvalue weighted by atomic mass is 10.1. The fraction of sp³-hybridized carbons (Fsp3) is 0.636. The Morgan fingerprint density at radius 1 is 1.63 bits per heavy atom. The van der Waals surface area contributed by atoms with E-state index in [0.29, 0.717) is 12.0 Å². The van der Waals surface area contributed by atoms with Gasteiger partial charge in [-0.1, -0.05) is 0 Å². The Morgan fingerprint density at radius 2 is 2.37 bits per heavy atom. The lowest BCUT2D eigenvalue weighted by Gasteiger charge is -2.15. The van der Waals surface area contributed by atoms with E-state index in [-0.39, 0.29) is 19.3 Å². The smallest absolute Gasteiger partial charge is 0.330 e. The van der Waals surface area contributed by atoms with E-state index in [4.69, 9.17) is 20.3 Å². The summed E-state index contributed by atoms with van der Waals surface area (Å²) in [6, 6.07) is -0.347. The maximum atomic E-state index is 11.8. The highest BCUT2D eigenvalue weighted by Crippen LogP contribution is 2.25. The van der Waals surface area contributed by atoms with E-state index in [1.807, 2.05) is 0 Å². The second kappa shape index (κ2) is 5.66. The van der Waals surface area contributed by atoms with Crippen LogP contribution in [-0.4, -0.2) is 40.5 Å². The average Bonchev–Trinajstić information content (AvgIpc) is 2.74. The SMILES string of the molecule is COCc1cn([C@H]2CC(N)[C@@H](CO)O2)c(=O)[nH]c1=O. The molecule has 0 bridgehead atoms. The van der Waals surface area contributed by atoms with Gasteiger partial charge in [-0.05, 0) is 0 Å². The van der Waals surface area contributed by atoms with Gasteiger partial charge in [0.2, 0.25) is 0 Å². The Kier molecular flexibility index (Phi) is 4.15. The molecule has 1 aromatic rings. The number of methoxy groups -OCH3 is 1. The van der Waals surface area contributed by atoms with E-state index in [2.05, 4.69) is 4.98 Å². The number of rotatable bonds is 4. The molecule has 2 rings (SSSR count). The lowest BCUT2D eigenvalue weighted by Crippen LogP contribution is -2.34. The standard InChI is InChI=1S/C11H17N3O5/c1-18-5-6-3-14(11(17)13-10(6)16)9-2-7(12)8(4-15)19-9/h3,7-9,15H,2,4-5,12H2,1H3,(H,13,16,17)/t7?,8-,9-/m1/s1. The van der Waals surface area contributed by atoms with E-state index in [1.165, 1.54) is 17.9 Å². The molecular formula is C11H17N3O5. The van der Waals surface area contributed by atoms with E-state index in [1.54, 1.807) is 0 Å². The van der Waals surface area contributed by atoms with Crippen molar-refractivity contribution in [3.8, 4) is 0 Å². The monoisotopic (exact) mass is 271 g/mol. The Labute approximate surface area is 108 Å². The number of H-pyrrole nitrogens is 1. The van der Waals surface area contributed by atoms with Crippen molar-refractivity contribution in [2.75, 3.05) is 13.7 Å². The molecule has 8 nitrogen and oxygen atoms in total. The Balaban J connectivity index is 2.33. The molecule has 0 saturated carbocycles. The first-order valence-corrected chi connectivity index (χ1v) is 5.92. The van der Waals surface area contributed by atoms with E-state index < -0.39 is 23.6 Å². The molecule has 0 spiro atoms. The minimum absolute atomic E-state index is 0.0951. The van der Waals surface area contributed by atoms with Crippen LogP contribution in [0.25, 0.3) is 0 Å². The van der Waals surface area contributed by atoms with E-state index >= 15 is 0 Å². The molecule has 1 aliphatic heterocycles. The van der Waals surface area contributed by atoms with Crippen LogP contribution in [0.3, 0.4) is 0 Å². The fourth-order valence-corrected chi connectivity index (χ4v) is 2.10. The van der Waals surface area contributed by atoms with Gasteiger partial charge in [-0.3, -0.25) is 14.3 Å². The van der Waals surface area contributed by atoms with Gasteiger partial charge in [0.25, 0.3) is 5.56 Å². The van der Waals surface area contributed by atoms with E-state index in [0.717, 1.165) is 0 Å². The minimum atomic E-state index is -0.591. The first-order valence-electron chi connectivity index (χ1n) is 5.92. The predicted octanol–water partition coefficient (Wildman–Crippen LogP) is -1.71. The molecule has 8 heteroatoms. The number of aliphatic hydroxyl groups excluding tert-OH is 1. The number of hydrogen-bond acceptors (Lipinski definition) is 6. The Hall–Kier alpha value is -1.48. The van der Waals surface area contributed by atoms with Crippen LogP contribution in [0, 0.1) is 0 Å².